The minimum Gasteiger partial charge on any atom is -0.394 e. The Kier molecular flexibility index (Phi) is 4.59. The van der Waals surface area contributed by atoms with E-state index in [1.54, 1.807) is 24.3 Å². The van der Waals surface area contributed by atoms with Crippen molar-refractivity contribution < 1.29 is 23.8 Å². The van der Waals surface area contributed by atoms with Crippen molar-refractivity contribution in [2.24, 2.45) is 0 Å². The van der Waals surface area contributed by atoms with Crippen molar-refractivity contribution in [2.45, 2.75) is 26.2 Å². The number of fused-ring (bicyclic) bond motifs is 5. The summed E-state index contributed by atoms with van der Waals surface area (Å²) in [6.07, 6.45) is -2.29. The van der Waals surface area contributed by atoms with E-state index in [9.17, 15) is 9.59 Å². The molecule has 1 aliphatic rings. The van der Waals surface area contributed by atoms with Crippen LogP contribution in [0, 0.1) is 0 Å². The number of ether oxygens (including phenoxy) is 3. The van der Waals surface area contributed by atoms with Crippen molar-refractivity contribution in [3.63, 3.8) is 0 Å². The van der Waals surface area contributed by atoms with Gasteiger partial charge in [0.2, 0.25) is 0 Å². The molecule has 4 rings (SSSR count). The van der Waals surface area contributed by atoms with Crippen molar-refractivity contribution in [2.75, 3.05) is 0 Å². The maximum Gasteiger partial charge on any atom is 0.524 e. The predicted octanol–water partition coefficient (Wildman–Crippen LogP) is 6.35. The molecule has 0 aliphatic carbocycles. The first-order valence-electron chi connectivity index (χ1n) is 9.28. The Morgan fingerprint density at radius 1 is 0.586 bits per heavy atom. The van der Waals surface area contributed by atoms with Crippen LogP contribution in [-0.2, 0) is 10.2 Å². The Morgan fingerprint density at radius 2 is 1.10 bits per heavy atom. The second-order valence-electron chi connectivity index (χ2n) is 7.81. The number of carbonyl (C=O) groups is 2. The molecule has 1 aliphatic heterocycles. The van der Waals surface area contributed by atoms with E-state index in [1.807, 2.05) is 30.3 Å². The molecule has 0 saturated heterocycles. The van der Waals surface area contributed by atoms with Crippen LogP contribution in [0.25, 0.3) is 22.3 Å². The average molecular weight is 388 g/mol. The summed E-state index contributed by atoms with van der Waals surface area (Å²) in [6.45, 7) is 6.40. The molecule has 0 aromatic heterocycles. The zero-order valence-corrected chi connectivity index (χ0v) is 16.4. The second-order valence-corrected chi connectivity index (χ2v) is 7.81. The molecule has 0 atom stereocenters. The molecule has 0 unspecified atom stereocenters. The van der Waals surface area contributed by atoms with Crippen molar-refractivity contribution in [1.82, 2.24) is 0 Å². The predicted molar refractivity (Wildman–Crippen MR) is 109 cm³/mol. The highest BCUT2D eigenvalue weighted by Gasteiger charge is 2.24. The first-order valence-corrected chi connectivity index (χ1v) is 9.28. The molecule has 0 fully saturated rings. The fourth-order valence-corrected chi connectivity index (χ4v) is 3.31. The van der Waals surface area contributed by atoms with Gasteiger partial charge in [0.1, 0.15) is 11.5 Å². The third kappa shape index (κ3) is 3.72. The zero-order chi connectivity index (χ0) is 20.6. The number of cyclic esters (lactones) is 2. The number of hydrogen-bond donors (Lipinski definition) is 0. The summed E-state index contributed by atoms with van der Waals surface area (Å²) in [4.78, 5) is 24.1. The summed E-state index contributed by atoms with van der Waals surface area (Å²) >= 11 is 0. The summed E-state index contributed by atoms with van der Waals surface area (Å²) in [5, 5.41) is 0. The Balaban J connectivity index is 2.05. The summed E-state index contributed by atoms with van der Waals surface area (Å²) in [7, 11) is 0. The summed E-state index contributed by atoms with van der Waals surface area (Å²) < 4.78 is 15.3. The van der Waals surface area contributed by atoms with E-state index in [4.69, 9.17) is 9.47 Å². The highest BCUT2D eigenvalue weighted by molar-refractivity contribution is 5.91. The molecule has 0 N–H and O–H groups in total. The molecule has 5 heteroatoms. The van der Waals surface area contributed by atoms with Gasteiger partial charge in [0.05, 0.1) is 0 Å². The normalized spacial score (nSPS) is 13.6. The van der Waals surface area contributed by atoms with Gasteiger partial charge in [-0.2, -0.15) is 0 Å². The lowest BCUT2D eigenvalue weighted by Crippen LogP contribution is -2.19. The highest BCUT2D eigenvalue weighted by atomic mass is 16.8. The number of carbonyl (C=O) groups excluding carboxylic acids is 2. The largest absolute Gasteiger partial charge is 0.524 e. The van der Waals surface area contributed by atoms with Crippen LogP contribution in [-0.4, -0.2) is 12.3 Å². The van der Waals surface area contributed by atoms with Crippen LogP contribution in [0.1, 0.15) is 26.3 Å². The first-order chi connectivity index (χ1) is 13.8. The van der Waals surface area contributed by atoms with E-state index in [0.717, 1.165) is 22.3 Å². The molecule has 1 heterocycles. The van der Waals surface area contributed by atoms with Crippen molar-refractivity contribution in [1.29, 1.82) is 0 Å². The van der Waals surface area contributed by atoms with E-state index >= 15 is 0 Å². The van der Waals surface area contributed by atoms with Gasteiger partial charge in [-0.05, 0) is 40.3 Å². The van der Waals surface area contributed by atoms with E-state index in [-0.39, 0.29) is 5.41 Å². The first kappa shape index (κ1) is 18.7. The lowest BCUT2D eigenvalue weighted by Gasteiger charge is -2.22. The van der Waals surface area contributed by atoms with Gasteiger partial charge in [-0.25, -0.2) is 9.59 Å². The van der Waals surface area contributed by atoms with Gasteiger partial charge in [-0.1, -0.05) is 69.3 Å². The van der Waals surface area contributed by atoms with Gasteiger partial charge >= 0.3 is 12.3 Å². The minimum atomic E-state index is -1.14. The van der Waals surface area contributed by atoms with Crippen LogP contribution in [0.4, 0.5) is 9.59 Å². The zero-order valence-electron chi connectivity index (χ0n) is 16.4. The van der Waals surface area contributed by atoms with Gasteiger partial charge in [0.25, 0.3) is 0 Å². The quantitative estimate of drug-likeness (QED) is 0.255. The summed E-state index contributed by atoms with van der Waals surface area (Å²) in [5.41, 5.74) is 4.19. The molecular weight excluding hydrogens is 368 g/mol. The molecule has 0 radical (unpaired) electrons. The summed E-state index contributed by atoms with van der Waals surface area (Å²) in [6, 6.07) is 20.4. The van der Waals surface area contributed by atoms with Crippen LogP contribution in [0.5, 0.6) is 11.5 Å². The monoisotopic (exact) mass is 388 g/mol. The maximum atomic E-state index is 12.1. The Morgan fingerprint density at radius 3 is 1.66 bits per heavy atom. The maximum absolute atomic E-state index is 12.1. The topological polar surface area (TPSA) is 61.8 Å². The Hall–Kier alpha value is -3.60. The van der Waals surface area contributed by atoms with Crippen LogP contribution in [0.2, 0.25) is 0 Å². The lowest BCUT2D eigenvalue weighted by molar-refractivity contribution is 0.0898. The number of hydrogen-bond acceptors (Lipinski definition) is 5. The summed E-state index contributed by atoms with van der Waals surface area (Å²) in [5.74, 6) is 0.603. The van der Waals surface area contributed by atoms with Gasteiger partial charge in [0, 0.05) is 11.1 Å². The van der Waals surface area contributed by atoms with Crippen molar-refractivity contribution in [3.8, 4) is 33.8 Å². The fourth-order valence-electron chi connectivity index (χ4n) is 3.31. The van der Waals surface area contributed by atoms with E-state index in [0.29, 0.717) is 17.1 Å². The molecule has 29 heavy (non-hydrogen) atoms. The number of benzene rings is 3. The van der Waals surface area contributed by atoms with Crippen molar-refractivity contribution >= 4 is 12.3 Å². The lowest BCUT2D eigenvalue weighted by atomic mass is 9.83. The standard InChI is InChI=1S/C24H20O5/c1-24(2,3)15-12-13-16-17-8-4-6-10-20(17)27-22(25)29-23(26)28-21-11-7-5-9-18(21)19(16)14-15/h4-14H,1-3H3. The molecule has 3 aromatic carbocycles. The van der Waals surface area contributed by atoms with Gasteiger partial charge < -0.3 is 14.2 Å². The third-order valence-electron chi connectivity index (χ3n) is 4.79. The van der Waals surface area contributed by atoms with E-state index < -0.39 is 12.3 Å². The molecule has 0 bridgehead atoms. The smallest absolute Gasteiger partial charge is 0.394 e. The molecule has 146 valence electrons. The van der Waals surface area contributed by atoms with Gasteiger partial charge in [0.15, 0.2) is 0 Å². The minimum absolute atomic E-state index is 0.0814. The third-order valence-corrected chi connectivity index (χ3v) is 4.79. The van der Waals surface area contributed by atoms with Crippen LogP contribution < -0.4 is 9.47 Å². The van der Waals surface area contributed by atoms with Crippen molar-refractivity contribution in [3.05, 3.63) is 72.3 Å². The number of rotatable bonds is 0. The second kappa shape index (κ2) is 7.09. The fraction of sp³-hybridized carbons (Fsp3) is 0.167. The molecule has 0 saturated carbocycles. The highest BCUT2D eigenvalue weighted by Crippen LogP contribution is 2.43. The van der Waals surface area contributed by atoms with Crippen LogP contribution in [0.3, 0.4) is 0 Å². The SMILES string of the molecule is CC(C)(C)c1ccc2c(c1)-c1ccccc1OC(=O)OC(=O)Oc1ccccc1-2. The molecule has 5 nitrogen and oxygen atoms in total. The number of para-hydroxylation sites is 2. The molecular formula is C24H20O5. The Bertz CT molecular complexity index is 1110. The molecule has 0 spiro atoms. The van der Waals surface area contributed by atoms with Crippen LogP contribution in [0.15, 0.2) is 66.7 Å². The van der Waals surface area contributed by atoms with Gasteiger partial charge in [-0.3, -0.25) is 0 Å². The van der Waals surface area contributed by atoms with E-state index in [1.165, 1.54) is 0 Å². The van der Waals surface area contributed by atoms with Gasteiger partial charge in [-0.15, -0.1) is 0 Å². The van der Waals surface area contributed by atoms with Crippen LogP contribution >= 0.6 is 0 Å². The van der Waals surface area contributed by atoms with E-state index in [2.05, 4.69) is 37.6 Å². The Labute approximate surface area is 168 Å². The molecule has 3 aromatic rings. The average Bonchev–Trinajstić information content (AvgIpc) is 2.68. The molecule has 0 amide bonds.